The number of benzene rings is 1. The maximum Gasteiger partial charge on any atom is 0.128 e. The molecule has 1 nitrogen and oxygen atoms in total. The third-order valence-corrected chi connectivity index (χ3v) is 3.56. The Kier molecular flexibility index (Phi) is 3.44. The Morgan fingerprint density at radius 3 is 2.33 bits per heavy atom. The highest BCUT2D eigenvalue weighted by molar-refractivity contribution is 6.22. The molecule has 1 aromatic heterocycles. The van der Waals surface area contributed by atoms with Crippen molar-refractivity contribution in [2.45, 2.75) is 26.1 Å². The van der Waals surface area contributed by atoms with Gasteiger partial charge in [0.25, 0.3) is 0 Å². The first-order valence-corrected chi connectivity index (χ1v) is 6.01. The Hall–Kier alpha value is -1.35. The van der Waals surface area contributed by atoms with Crippen LogP contribution in [0.1, 0.15) is 33.6 Å². The summed E-state index contributed by atoms with van der Waals surface area (Å²) in [6.45, 7) is 5.44. The van der Waals surface area contributed by atoms with Crippen LogP contribution in [0.15, 0.2) is 22.6 Å². The fourth-order valence-electron chi connectivity index (χ4n) is 2.05. The van der Waals surface area contributed by atoms with Crippen LogP contribution in [-0.4, -0.2) is 0 Å². The first-order valence-electron chi connectivity index (χ1n) is 5.57. The van der Waals surface area contributed by atoms with Gasteiger partial charge in [-0.15, -0.1) is 11.6 Å². The Labute approximate surface area is 109 Å². The third kappa shape index (κ3) is 2.15. The minimum atomic E-state index is -0.752. The zero-order valence-corrected chi connectivity index (χ0v) is 11.1. The molecule has 0 N–H and O–H groups in total. The average molecular weight is 271 g/mol. The summed E-state index contributed by atoms with van der Waals surface area (Å²) in [5, 5.41) is -0.752. The smallest absolute Gasteiger partial charge is 0.128 e. The van der Waals surface area contributed by atoms with Gasteiger partial charge < -0.3 is 4.42 Å². The van der Waals surface area contributed by atoms with Crippen LogP contribution < -0.4 is 0 Å². The molecule has 0 aliphatic carbocycles. The molecule has 0 saturated carbocycles. The molecular formula is C14H13ClF2O. The molecule has 1 atom stereocenters. The molecular weight excluding hydrogens is 258 g/mol. The Balaban J connectivity index is 2.54. The van der Waals surface area contributed by atoms with Gasteiger partial charge >= 0.3 is 0 Å². The zero-order valence-electron chi connectivity index (χ0n) is 10.4. The molecule has 0 bridgehead atoms. The van der Waals surface area contributed by atoms with E-state index >= 15 is 0 Å². The molecule has 0 aliphatic heterocycles. The number of furan rings is 1. The predicted molar refractivity (Wildman–Crippen MR) is 67.0 cm³/mol. The summed E-state index contributed by atoms with van der Waals surface area (Å²) in [7, 11) is 0. The number of rotatable bonds is 2. The zero-order chi connectivity index (χ0) is 13.4. The van der Waals surface area contributed by atoms with Crippen LogP contribution in [-0.2, 0) is 0 Å². The molecule has 2 rings (SSSR count). The van der Waals surface area contributed by atoms with E-state index in [9.17, 15) is 8.78 Å². The number of hydrogen-bond acceptors (Lipinski definition) is 1. The SMILES string of the molecule is Cc1oc(C)c(C(Cl)c2cc(F)ccc2F)c1C. The van der Waals surface area contributed by atoms with E-state index < -0.39 is 17.0 Å². The molecule has 18 heavy (non-hydrogen) atoms. The quantitative estimate of drug-likeness (QED) is 0.714. The monoisotopic (exact) mass is 270 g/mol. The minimum Gasteiger partial charge on any atom is -0.466 e. The van der Waals surface area contributed by atoms with E-state index in [4.69, 9.17) is 16.0 Å². The summed E-state index contributed by atoms with van der Waals surface area (Å²) in [5.74, 6) is 0.347. The fourth-order valence-corrected chi connectivity index (χ4v) is 2.53. The van der Waals surface area contributed by atoms with Crippen molar-refractivity contribution in [3.63, 3.8) is 0 Å². The van der Waals surface area contributed by atoms with E-state index in [-0.39, 0.29) is 5.56 Å². The lowest BCUT2D eigenvalue weighted by Crippen LogP contribution is -2.00. The highest BCUT2D eigenvalue weighted by Gasteiger charge is 2.23. The first-order chi connectivity index (χ1) is 8.41. The number of alkyl halides is 1. The second-order valence-corrected chi connectivity index (χ2v) is 4.72. The summed E-state index contributed by atoms with van der Waals surface area (Å²) in [6.07, 6.45) is 0. The third-order valence-electron chi connectivity index (χ3n) is 3.10. The summed E-state index contributed by atoms with van der Waals surface area (Å²) in [4.78, 5) is 0. The highest BCUT2D eigenvalue weighted by Crippen LogP contribution is 2.37. The first kappa shape index (κ1) is 13.1. The van der Waals surface area contributed by atoms with Crippen molar-refractivity contribution in [2.75, 3.05) is 0 Å². The van der Waals surface area contributed by atoms with Gasteiger partial charge in [0.15, 0.2) is 0 Å². The van der Waals surface area contributed by atoms with Crippen LogP contribution in [0, 0.1) is 32.4 Å². The van der Waals surface area contributed by atoms with Crippen LogP contribution in [0.5, 0.6) is 0 Å². The van der Waals surface area contributed by atoms with Crippen LogP contribution >= 0.6 is 11.6 Å². The summed E-state index contributed by atoms with van der Waals surface area (Å²) >= 11 is 6.27. The van der Waals surface area contributed by atoms with Crippen molar-refractivity contribution in [3.8, 4) is 0 Å². The van der Waals surface area contributed by atoms with Crippen LogP contribution in [0.3, 0.4) is 0 Å². The molecule has 1 heterocycles. The molecule has 0 spiro atoms. The van der Waals surface area contributed by atoms with Gasteiger partial charge in [-0.3, -0.25) is 0 Å². The molecule has 4 heteroatoms. The van der Waals surface area contributed by atoms with Gasteiger partial charge in [0.1, 0.15) is 23.2 Å². The lowest BCUT2D eigenvalue weighted by atomic mass is 10.00. The molecule has 1 unspecified atom stereocenters. The van der Waals surface area contributed by atoms with Gasteiger partial charge in [-0.1, -0.05) is 0 Å². The van der Waals surface area contributed by atoms with Crippen molar-refractivity contribution in [1.82, 2.24) is 0 Å². The number of aryl methyl sites for hydroxylation is 2. The van der Waals surface area contributed by atoms with E-state index in [0.717, 1.165) is 29.5 Å². The van der Waals surface area contributed by atoms with Gasteiger partial charge in [0.05, 0.1) is 5.38 Å². The van der Waals surface area contributed by atoms with Crippen molar-refractivity contribution in [2.24, 2.45) is 0 Å². The maximum absolute atomic E-state index is 13.7. The topological polar surface area (TPSA) is 13.1 Å². The minimum absolute atomic E-state index is 0.128. The molecule has 1 aromatic carbocycles. The van der Waals surface area contributed by atoms with Crippen molar-refractivity contribution in [3.05, 3.63) is 58.0 Å². The van der Waals surface area contributed by atoms with Crippen molar-refractivity contribution < 1.29 is 13.2 Å². The van der Waals surface area contributed by atoms with Gasteiger partial charge in [-0.25, -0.2) is 8.78 Å². The Morgan fingerprint density at radius 2 is 1.78 bits per heavy atom. The van der Waals surface area contributed by atoms with Crippen LogP contribution in [0.4, 0.5) is 8.78 Å². The van der Waals surface area contributed by atoms with Crippen molar-refractivity contribution in [1.29, 1.82) is 0 Å². The second kappa shape index (κ2) is 4.73. The Morgan fingerprint density at radius 1 is 1.11 bits per heavy atom. The van der Waals surface area contributed by atoms with E-state index in [1.807, 2.05) is 13.8 Å². The van der Waals surface area contributed by atoms with Gasteiger partial charge in [0.2, 0.25) is 0 Å². The van der Waals surface area contributed by atoms with Gasteiger partial charge in [-0.05, 0) is 44.5 Å². The lowest BCUT2D eigenvalue weighted by molar-refractivity contribution is 0.499. The molecule has 0 radical (unpaired) electrons. The second-order valence-electron chi connectivity index (χ2n) is 4.28. The van der Waals surface area contributed by atoms with E-state index in [1.165, 1.54) is 0 Å². The van der Waals surface area contributed by atoms with E-state index in [2.05, 4.69) is 0 Å². The average Bonchev–Trinajstić information content (AvgIpc) is 2.56. The lowest BCUT2D eigenvalue weighted by Gasteiger charge is -2.11. The largest absolute Gasteiger partial charge is 0.466 e. The predicted octanol–water partition coefficient (Wildman–Crippen LogP) is 4.81. The number of halogens is 3. The molecule has 0 saturated heterocycles. The molecule has 0 aliphatic rings. The van der Waals surface area contributed by atoms with Crippen molar-refractivity contribution >= 4 is 11.6 Å². The van der Waals surface area contributed by atoms with Crippen LogP contribution in [0.25, 0.3) is 0 Å². The normalized spacial score (nSPS) is 12.8. The molecule has 96 valence electrons. The maximum atomic E-state index is 13.7. The summed E-state index contributed by atoms with van der Waals surface area (Å²) in [6, 6.07) is 3.27. The molecule has 0 fully saturated rings. The van der Waals surface area contributed by atoms with Gasteiger partial charge in [0, 0.05) is 11.1 Å². The summed E-state index contributed by atoms with van der Waals surface area (Å²) < 4.78 is 32.3. The summed E-state index contributed by atoms with van der Waals surface area (Å²) in [5.41, 5.74) is 1.71. The molecule has 2 aromatic rings. The number of hydrogen-bond donors (Lipinski definition) is 0. The standard InChI is InChI=1S/C14H13ClF2O/c1-7-8(2)18-9(3)13(7)14(15)11-6-10(16)4-5-12(11)17/h4-6,14H,1-3H3. The van der Waals surface area contributed by atoms with E-state index in [0.29, 0.717) is 11.3 Å². The fraction of sp³-hybridized carbons (Fsp3) is 0.286. The van der Waals surface area contributed by atoms with Crippen LogP contribution in [0.2, 0.25) is 0 Å². The molecule has 0 amide bonds. The van der Waals surface area contributed by atoms with Gasteiger partial charge in [-0.2, -0.15) is 0 Å². The highest BCUT2D eigenvalue weighted by atomic mass is 35.5. The van der Waals surface area contributed by atoms with E-state index in [1.54, 1.807) is 6.92 Å². The Bertz CT molecular complexity index is 590.